The highest BCUT2D eigenvalue weighted by Gasteiger charge is 2.23. The molecule has 1 heterocycles. The smallest absolute Gasteiger partial charge is 0.263 e. The van der Waals surface area contributed by atoms with E-state index in [1.807, 2.05) is 31.3 Å². The quantitative estimate of drug-likeness (QED) is 0.377. The number of nitrogens with zero attached hydrogens (tertiary/aromatic N) is 1. The van der Waals surface area contributed by atoms with Crippen LogP contribution in [0.15, 0.2) is 75.4 Å². The van der Waals surface area contributed by atoms with Gasteiger partial charge in [-0.3, -0.25) is 4.72 Å². The van der Waals surface area contributed by atoms with Crippen molar-refractivity contribution in [2.45, 2.75) is 27.2 Å². The third-order valence-electron chi connectivity index (χ3n) is 5.29. The highest BCUT2D eigenvalue weighted by molar-refractivity contribution is 7.99. The minimum atomic E-state index is -3.93. The molecule has 3 aromatic carbocycles. The fourth-order valence-electron chi connectivity index (χ4n) is 3.60. The first-order valence-corrected chi connectivity index (χ1v) is 13.6. The Balaban J connectivity index is 1.50. The molecule has 3 aromatic rings. The Hall–Kier alpha value is -2.10. The number of likely N-dealkylation sites (tertiary alicyclic amines) is 1. The first-order chi connectivity index (χ1) is 16.2. The fraction of sp³-hybridized carbons (Fsp3) is 0.250. The predicted octanol–water partition coefficient (Wildman–Crippen LogP) is 6.04. The molecule has 1 unspecified atom stereocenters. The molecule has 0 amide bonds. The van der Waals surface area contributed by atoms with Crippen molar-refractivity contribution in [2.24, 2.45) is 0 Å². The summed E-state index contributed by atoms with van der Waals surface area (Å²) in [7, 11) is -0.293. The molecule has 180 valence electrons. The first-order valence-electron chi connectivity index (χ1n) is 10.5. The third kappa shape index (κ3) is 6.12. The maximum Gasteiger partial charge on any atom is 0.263 e. The molecule has 34 heavy (non-hydrogen) atoms. The minimum absolute atomic E-state index is 0.0124. The van der Waals surface area contributed by atoms with Gasteiger partial charge < -0.3 is 14.4 Å². The molecule has 1 aliphatic heterocycles. The molecule has 0 bridgehead atoms. The van der Waals surface area contributed by atoms with E-state index in [1.54, 1.807) is 37.4 Å². The number of sulfonamides is 1. The van der Waals surface area contributed by atoms with Gasteiger partial charge in [-0.05, 0) is 62.0 Å². The largest absolute Gasteiger partial charge is 0.497 e. The lowest BCUT2D eigenvalue weighted by atomic mass is 10.3. The Kier molecular flexibility index (Phi) is 7.84. The first kappa shape index (κ1) is 25.0. The Morgan fingerprint density at radius 1 is 1.03 bits per heavy atom. The number of methoxy groups -OCH3 is 1. The van der Waals surface area contributed by atoms with Crippen LogP contribution >= 0.6 is 35.0 Å². The number of likely N-dealkylation sites (N-methyl/N-ethyl adjacent to an activating group) is 1. The molecule has 0 saturated carbocycles. The molecule has 4 rings (SSSR count). The average molecular weight is 540 g/mol. The van der Waals surface area contributed by atoms with E-state index in [-0.39, 0.29) is 16.0 Å². The van der Waals surface area contributed by atoms with Crippen molar-refractivity contribution < 1.29 is 17.9 Å². The van der Waals surface area contributed by atoms with Gasteiger partial charge in [0.1, 0.15) is 22.5 Å². The summed E-state index contributed by atoms with van der Waals surface area (Å²) >= 11 is 14.1. The molecular weight excluding hydrogens is 515 g/mol. The summed E-state index contributed by atoms with van der Waals surface area (Å²) in [6, 6.07) is 17.2. The van der Waals surface area contributed by atoms with Crippen LogP contribution in [0.3, 0.4) is 0 Å². The van der Waals surface area contributed by atoms with E-state index >= 15 is 0 Å². The summed E-state index contributed by atoms with van der Waals surface area (Å²) < 4.78 is 39.9. The Bertz CT molecular complexity index is 1290. The third-order valence-corrected chi connectivity index (χ3v) is 8.45. The lowest BCUT2D eigenvalue weighted by molar-refractivity contribution is 0.208. The zero-order chi connectivity index (χ0) is 24.3. The van der Waals surface area contributed by atoms with Crippen molar-refractivity contribution >= 4 is 50.7 Å². The predicted molar refractivity (Wildman–Crippen MR) is 137 cm³/mol. The zero-order valence-electron chi connectivity index (χ0n) is 18.6. The number of hydrogen-bond donors (Lipinski definition) is 1. The van der Waals surface area contributed by atoms with Crippen LogP contribution in [0.4, 0.5) is 5.69 Å². The zero-order valence-corrected chi connectivity index (χ0v) is 21.8. The van der Waals surface area contributed by atoms with E-state index in [4.69, 9.17) is 32.7 Å². The van der Waals surface area contributed by atoms with E-state index in [0.29, 0.717) is 16.5 Å². The van der Waals surface area contributed by atoms with E-state index in [1.165, 1.54) is 17.8 Å². The van der Waals surface area contributed by atoms with Crippen LogP contribution in [0.1, 0.15) is 6.42 Å². The number of benzene rings is 3. The second kappa shape index (κ2) is 10.7. The molecule has 0 aromatic heterocycles. The van der Waals surface area contributed by atoms with Crippen LogP contribution in [0.5, 0.6) is 11.5 Å². The van der Waals surface area contributed by atoms with Crippen molar-refractivity contribution in [3.8, 4) is 11.5 Å². The van der Waals surface area contributed by atoms with E-state index in [2.05, 4.69) is 9.62 Å². The summed E-state index contributed by atoms with van der Waals surface area (Å²) in [4.78, 5) is 3.91. The Morgan fingerprint density at radius 3 is 2.53 bits per heavy atom. The summed E-state index contributed by atoms with van der Waals surface area (Å²) in [5.41, 5.74) is 0.344. The highest BCUT2D eigenvalue weighted by Crippen LogP contribution is 2.35. The molecular formula is C24H24Cl2N2O4S2. The highest BCUT2D eigenvalue weighted by atomic mass is 35.5. The van der Waals surface area contributed by atoms with E-state index < -0.39 is 10.0 Å². The van der Waals surface area contributed by atoms with Crippen LogP contribution in [0, 0.1) is 0 Å². The van der Waals surface area contributed by atoms with Crippen molar-refractivity contribution in [3.05, 3.63) is 70.7 Å². The van der Waals surface area contributed by atoms with Gasteiger partial charge in [-0.2, -0.15) is 0 Å². The van der Waals surface area contributed by atoms with Crippen molar-refractivity contribution in [2.75, 3.05) is 32.0 Å². The van der Waals surface area contributed by atoms with Crippen LogP contribution < -0.4 is 14.2 Å². The van der Waals surface area contributed by atoms with Crippen LogP contribution in [0.2, 0.25) is 10.0 Å². The molecule has 0 spiro atoms. The monoisotopic (exact) mass is 538 g/mol. The summed E-state index contributed by atoms with van der Waals surface area (Å²) in [5.74, 6) is 1.18. The SMILES string of the molecule is COc1cccc(Sc2ccc(S(=O)(=O)Nc3ccc(Cl)c(OC4CCN(C)C4)c3)c(Cl)c2)c1. The van der Waals surface area contributed by atoms with Gasteiger partial charge in [0.25, 0.3) is 10.0 Å². The summed E-state index contributed by atoms with van der Waals surface area (Å²) in [5, 5.41) is 0.550. The topological polar surface area (TPSA) is 67.9 Å². The van der Waals surface area contributed by atoms with Crippen molar-refractivity contribution in [3.63, 3.8) is 0 Å². The number of nitrogens with one attached hydrogen (secondary N) is 1. The maximum atomic E-state index is 13.1. The van der Waals surface area contributed by atoms with Crippen LogP contribution in [-0.4, -0.2) is 46.7 Å². The van der Waals surface area contributed by atoms with Gasteiger partial charge in [0.05, 0.1) is 22.8 Å². The van der Waals surface area contributed by atoms with Crippen molar-refractivity contribution in [1.82, 2.24) is 4.90 Å². The second-order valence-corrected chi connectivity index (χ2v) is 11.5. The molecule has 1 atom stereocenters. The average Bonchev–Trinajstić information content (AvgIpc) is 3.20. The number of ether oxygens (including phenoxy) is 2. The van der Waals surface area contributed by atoms with Gasteiger partial charge in [0.2, 0.25) is 0 Å². The van der Waals surface area contributed by atoms with Crippen LogP contribution in [0.25, 0.3) is 0 Å². The molecule has 0 aliphatic carbocycles. The van der Waals surface area contributed by atoms with Crippen molar-refractivity contribution in [1.29, 1.82) is 0 Å². The van der Waals surface area contributed by atoms with E-state index in [9.17, 15) is 8.42 Å². The Morgan fingerprint density at radius 2 is 1.82 bits per heavy atom. The molecule has 0 radical (unpaired) electrons. The molecule has 1 N–H and O–H groups in total. The number of halogens is 2. The van der Waals surface area contributed by atoms with Gasteiger partial charge in [-0.25, -0.2) is 8.42 Å². The number of rotatable bonds is 8. The molecule has 1 saturated heterocycles. The lowest BCUT2D eigenvalue weighted by Gasteiger charge is -2.16. The molecule has 1 aliphatic rings. The van der Waals surface area contributed by atoms with E-state index in [0.717, 1.165) is 35.1 Å². The van der Waals surface area contributed by atoms with Crippen LogP contribution in [-0.2, 0) is 10.0 Å². The molecule has 10 heteroatoms. The molecule has 1 fully saturated rings. The molecule has 6 nitrogen and oxygen atoms in total. The summed E-state index contributed by atoms with van der Waals surface area (Å²) in [6.07, 6.45) is 0.900. The maximum absolute atomic E-state index is 13.1. The Labute approximate surface area is 214 Å². The minimum Gasteiger partial charge on any atom is -0.497 e. The normalized spacial score (nSPS) is 16.4. The lowest BCUT2D eigenvalue weighted by Crippen LogP contribution is -2.21. The summed E-state index contributed by atoms with van der Waals surface area (Å²) in [6.45, 7) is 1.74. The number of anilines is 1. The van der Waals surface area contributed by atoms with Gasteiger partial charge in [-0.15, -0.1) is 0 Å². The van der Waals surface area contributed by atoms with Gasteiger partial charge in [-0.1, -0.05) is 41.0 Å². The number of hydrogen-bond acceptors (Lipinski definition) is 6. The van der Waals surface area contributed by atoms with Gasteiger partial charge in [0, 0.05) is 28.9 Å². The second-order valence-electron chi connectivity index (χ2n) is 7.91. The standard InChI is InChI=1S/C24H24Cl2N2O4S2/c1-28-11-10-18(15-28)32-23-12-16(6-8-21(23)25)27-34(29,30)24-9-7-20(14-22(24)26)33-19-5-3-4-17(13-19)31-2/h3-9,12-14,18,27H,10-11,15H2,1-2H3. The van der Waals surface area contributed by atoms with Gasteiger partial charge >= 0.3 is 0 Å². The van der Waals surface area contributed by atoms with Gasteiger partial charge in [0.15, 0.2) is 0 Å². The fourth-order valence-corrected chi connectivity index (χ4v) is 6.33.